The molecule has 0 bridgehead atoms. The molecule has 0 radical (unpaired) electrons. The Bertz CT molecular complexity index is 218. The summed E-state index contributed by atoms with van der Waals surface area (Å²) in [7, 11) is 0. The van der Waals surface area contributed by atoms with Crippen molar-refractivity contribution in [3.05, 3.63) is 0 Å². The molecule has 0 aromatic carbocycles. The monoisotopic (exact) mass is 251 g/mol. The smallest absolute Gasteiger partial charge is 0.0126 e. The molecule has 2 fully saturated rings. The van der Waals surface area contributed by atoms with Crippen LogP contribution in [-0.4, -0.2) is 12.6 Å². The van der Waals surface area contributed by atoms with Crippen molar-refractivity contribution in [1.29, 1.82) is 0 Å². The molecule has 0 heterocycles. The van der Waals surface area contributed by atoms with Crippen LogP contribution in [0.25, 0.3) is 0 Å². The lowest BCUT2D eigenvalue weighted by atomic mass is 9.79. The van der Waals surface area contributed by atoms with Gasteiger partial charge in [-0.25, -0.2) is 0 Å². The van der Waals surface area contributed by atoms with E-state index in [9.17, 15) is 0 Å². The Balaban J connectivity index is 1.97. The van der Waals surface area contributed by atoms with Gasteiger partial charge in [-0.05, 0) is 50.0 Å². The molecule has 18 heavy (non-hydrogen) atoms. The van der Waals surface area contributed by atoms with E-state index < -0.39 is 0 Å². The molecule has 1 heteroatoms. The summed E-state index contributed by atoms with van der Waals surface area (Å²) in [4.78, 5) is 0. The average Bonchev–Trinajstić information content (AvgIpc) is 2.65. The van der Waals surface area contributed by atoms with E-state index in [0.29, 0.717) is 0 Å². The summed E-state index contributed by atoms with van der Waals surface area (Å²) in [5.41, 5.74) is 0. The van der Waals surface area contributed by atoms with Gasteiger partial charge < -0.3 is 5.32 Å². The van der Waals surface area contributed by atoms with Gasteiger partial charge >= 0.3 is 0 Å². The van der Waals surface area contributed by atoms with Crippen molar-refractivity contribution in [3.8, 4) is 0 Å². The number of rotatable bonds is 5. The SMILES string of the molecule is CCCNC(C1CCCCCC1)C1CCCC1C. The van der Waals surface area contributed by atoms with Crippen LogP contribution in [0.2, 0.25) is 0 Å². The van der Waals surface area contributed by atoms with E-state index in [0.717, 1.165) is 23.8 Å². The molecule has 0 saturated heterocycles. The highest BCUT2D eigenvalue weighted by atomic mass is 14.9. The summed E-state index contributed by atoms with van der Waals surface area (Å²) in [6.45, 7) is 6.02. The van der Waals surface area contributed by atoms with Crippen LogP contribution in [0.4, 0.5) is 0 Å². The number of nitrogens with one attached hydrogen (secondary N) is 1. The maximum absolute atomic E-state index is 3.94. The predicted molar refractivity (Wildman–Crippen MR) is 79.8 cm³/mol. The quantitative estimate of drug-likeness (QED) is 0.695. The van der Waals surface area contributed by atoms with Gasteiger partial charge in [-0.15, -0.1) is 0 Å². The van der Waals surface area contributed by atoms with E-state index in [1.54, 1.807) is 0 Å². The molecule has 106 valence electrons. The Hall–Kier alpha value is -0.0400. The van der Waals surface area contributed by atoms with Crippen LogP contribution < -0.4 is 5.32 Å². The van der Waals surface area contributed by atoms with Crippen molar-refractivity contribution < 1.29 is 0 Å². The van der Waals surface area contributed by atoms with Crippen LogP contribution in [0.1, 0.15) is 78.1 Å². The molecule has 1 nitrogen and oxygen atoms in total. The maximum Gasteiger partial charge on any atom is 0.0126 e. The molecule has 2 saturated carbocycles. The summed E-state index contributed by atoms with van der Waals surface area (Å²) in [6, 6.07) is 0.834. The fourth-order valence-electron chi connectivity index (χ4n) is 4.36. The minimum Gasteiger partial charge on any atom is -0.313 e. The van der Waals surface area contributed by atoms with Crippen LogP contribution >= 0.6 is 0 Å². The standard InChI is InChI=1S/C17H33N/c1-3-13-18-17(16-12-8-9-14(16)2)15-10-6-4-5-7-11-15/h14-18H,3-13H2,1-2H3. The third-order valence-corrected chi connectivity index (χ3v) is 5.43. The second-order valence-electron chi connectivity index (χ2n) is 6.80. The fourth-order valence-corrected chi connectivity index (χ4v) is 4.36. The normalized spacial score (nSPS) is 32.3. The maximum atomic E-state index is 3.94. The van der Waals surface area contributed by atoms with Gasteiger partial charge in [0.15, 0.2) is 0 Å². The summed E-state index contributed by atoms with van der Waals surface area (Å²) >= 11 is 0. The lowest BCUT2D eigenvalue weighted by Crippen LogP contribution is -2.43. The molecule has 0 aromatic heterocycles. The summed E-state index contributed by atoms with van der Waals surface area (Å²) in [6.07, 6.45) is 14.6. The van der Waals surface area contributed by atoms with Crippen molar-refractivity contribution in [1.82, 2.24) is 5.32 Å². The second-order valence-corrected chi connectivity index (χ2v) is 6.80. The molecule has 0 spiro atoms. The molecule has 3 unspecified atom stereocenters. The lowest BCUT2D eigenvalue weighted by Gasteiger charge is -2.34. The zero-order valence-corrected chi connectivity index (χ0v) is 12.6. The van der Waals surface area contributed by atoms with E-state index >= 15 is 0 Å². The Morgan fingerprint density at radius 3 is 2.22 bits per heavy atom. The Labute approximate surface area is 114 Å². The molecule has 3 atom stereocenters. The Morgan fingerprint density at radius 2 is 1.67 bits per heavy atom. The number of hydrogen-bond donors (Lipinski definition) is 1. The van der Waals surface area contributed by atoms with Crippen LogP contribution in [0.3, 0.4) is 0 Å². The molecule has 2 rings (SSSR count). The summed E-state index contributed by atoms with van der Waals surface area (Å²) in [5.74, 6) is 2.91. The zero-order chi connectivity index (χ0) is 12.8. The van der Waals surface area contributed by atoms with Gasteiger partial charge in [0.1, 0.15) is 0 Å². The van der Waals surface area contributed by atoms with E-state index in [4.69, 9.17) is 0 Å². The van der Waals surface area contributed by atoms with Gasteiger partial charge in [0.25, 0.3) is 0 Å². The lowest BCUT2D eigenvalue weighted by molar-refractivity contribution is 0.205. The van der Waals surface area contributed by atoms with Crippen molar-refractivity contribution >= 4 is 0 Å². The topological polar surface area (TPSA) is 12.0 Å². The highest BCUT2D eigenvalue weighted by Gasteiger charge is 2.35. The zero-order valence-electron chi connectivity index (χ0n) is 12.6. The third-order valence-electron chi connectivity index (χ3n) is 5.43. The van der Waals surface area contributed by atoms with E-state index in [-0.39, 0.29) is 0 Å². The molecular weight excluding hydrogens is 218 g/mol. The molecule has 0 aliphatic heterocycles. The van der Waals surface area contributed by atoms with Crippen molar-refractivity contribution in [3.63, 3.8) is 0 Å². The molecule has 0 aromatic rings. The van der Waals surface area contributed by atoms with E-state index in [2.05, 4.69) is 19.2 Å². The predicted octanol–water partition coefficient (Wildman–Crippen LogP) is 4.76. The average molecular weight is 251 g/mol. The molecular formula is C17H33N. The largest absolute Gasteiger partial charge is 0.313 e. The summed E-state index contributed by atoms with van der Waals surface area (Å²) < 4.78 is 0. The first-order valence-corrected chi connectivity index (χ1v) is 8.56. The summed E-state index contributed by atoms with van der Waals surface area (Å²) in [5, 5.41) is 3.94. The molecule has 0 amide bonds. The van der Waals surface area contributed by atoms with Gasteiger partial charge in [-0.3, -0.25) is 0 Å². The fraction of sp³-hybridized carbons (Fsp3) is 1.00. The molecule has 2 aliphatic carbocycles. The van der Waals surface area contributed by atoms with Crippen LogP contribution in [0.5, 0.6) is 0 Å². The second kappa shape index (κ2) is 7.53. The minimum atomic E-state index is 0.834. The molecule has 2 aliphatic rings. The van der Waals surface area contributed by atoms with E-state index in [1.807, 2.05) is 0 Å². The third kappa shape index (κ3) is 3.73. The van der Waals surface area contributed by atoms with Gasteiger partial charge in [0.2, 0.25) is 0 Å². The molecule has 1 N–H and O–H groups in total. The first-order valence-electron chi connectivity index (χ1n) is 8.56. The van der Waals surface area contributed by atoms with Crippen molar-refractivity contribution in [2.75, 3.05) is 6.54 Å². The van der Waals surface area contributed by atoms with Gasteiger partial charge in [0, 0.05) is 6.04 Å². The van der Waals surface area contributed by atoms with Crippen LogP contribution in [0.15, 0.2) is 0 Å². The van der Waals surface area contributed by atoms with Gasteiger partial charge in [-0.1, -0.05) is 52.4 Å². The van der Waals surface area contributed by atoms with Crippen molar-refractivity contribution in [2.24, 2.45) is 17.8 Å². The number of hydrogen-bond acceptors (Lipinski definition) is 1. The van der Waals surface area contributed by atoms with Crippen LogP contribution in [-0.2, 0) is 0 Å². The first kappa shape index (κ1) is 14.4. The Morgan fingerprint density at radius 1 is 0.944 bits per heavy atom. The van der Waals surface area contributed by atoms with Gasteiger partial charge in [-0.2, -0.15) is 0 Å². The van der Waals surface area contributed by atoms with Gasteiger partial charge in [0.05, 0.1) is 0 Å². The van der Waals surface area contributed by atoms with Crippen molar-refractivity contribution in [2.45, 2.75) is 84.1 Å². The first-order chi connectivity index (χ1) is 8.83. The van der Waals surface area contributed by atoms with E-state index in [1.165, 1.54) is 70.8 Å². The van der Waals surface area contributed by atoms with Crippen LogP contribution in [0, 0.1) is 17.8 Å². The highest BCUT2D eigenvalue weighted by molar-refractivity contribution is 4.89. The minimum absolute atomic E-state index is 0.834. The highest BCUT2D eigenvalue weighted by Crippen LogP contribution is 2.39. The Kier molecular flexibility index (Phi) is 6.01.